The van der Waals surface area contributed by atoms with Crippen molar-refractivity contribution in [2.24, 2.45) is 11.0 Å². The monoisotopic (exact) mass is 380 g/mol. The van der Waals surface area contributed by atoms with Crippen molar-refractivity contribution in [3.63, 3.8) is 0 Å². The minimum atomic E-state index is -0.324. The van der Waals surface area contributed by atoms with E-state index in [0.717, 1.165) is 42.0 Å². The Morgan fingerprint density at radius 1 is 1.07 bits per heavy atom. The van der Waals surface area contributed by atoms with Crippen LogP contribution in [-0.4, -0.2) is 18.4 Å². The highest BCUT2D eigenvalue weighted by atomic mass is 19.1. The van der Waals surface area contributed by atoms with Crippen LogP contribution >= 0.6 is 0 Å². The van der Waals surface area contributed by atoms with Crippen LogP contribution in [0.15, 0.2) is 71.5 Å². The summed E-state index contributed by atoms with van der Waals surface area (Å²) in [5.41, 5.74) is 2.69. The number of para-hydroxylation sites is 1. The number of hydrogen-bond donors (Lipinski definition) is 0. The summed E-state index contributed by atoms with van der Waals surface area (Å²) in [6.07, 6.45) is 5.41. The quantitative estimate of drug-likeness (QED) is 0.599. The lowest BCUT2D eigenvalue weighted by Gasteiger charge is -2.29. The summed E-state index contributed by atoms with van der Waals surface area (Å²) in [6.45, 7) is 6.20. The zero-order valence-corrected chi connectivity index (χ0v) is 17.2. The summed E-state index contributed by atoms with van der Waals surface area (Å²) >= 11 is 0. The number of rotatable bonds is 6. The molecule has 0 amide bonds. The van der Waals surface area contributed by atoms with Crippen molar-refractivity contribution in [3.8, 4) is 0 Å². The predicted molar refractivity (Wildman–Crippen MR) is 114 cm³/mol. The summed E-state index contributed by atoms with van der Waals surface area (Å²) < 4.78 is 19.1. The molecule has 0 saturated carbocycles. The molecule has 0 saturated heterocycles. The number of benzene rings is 2. The molecule has 2 unspecified atom stereocenters. The Morgan fingerprint density at radius 2 is 1.75 bits per heavy atom. The van der Waals surface area contributed by atoms with Crippen LogP contribution in [0, 0.1) is 11.7 Å². The van der Waals surface area contributed by atoms with Crippen molar-refractivity contribution < 1.29 is 9.13 Å². The normalized spacial score (nSPS) is 22.3. The van der Waals surface area contributed by atoms with E-state index in [-0.39, 0.29) is 17.3 Å². The molecule has 1 aliphatic carbocycles. The molecule has 4 rings (SSSR count). The molecule has 0 N–H and O–H groups in total. The first-order valence-electron chi connectivity index (χ1n) is 10.2. The van der Waals surface area contributed by atoms with Gasteiger partial charge in [-0.2, -0.15) is 5.10 Å². The summed E-state index contributed by atoms with van der Waals surface area (Å²) in [4.78, 5) is 0. The van der Waals surface area contributed by atoms with E-state index in [1.54, 1.807) is 7.11 Å². The van der Waals surface area contributed by atoms with Crippen molar-refractivity contribution in [2.45, 2.75) is 45.6 Å². The molecule has 0 fully saturated rings. The maximum atomic E-state index is 13.4. The van der Waals surface area contributed by atoms with Crippen molar-refractivity contribution in [3.05, 3.63) is 77.8 Å². The van der Waals surface area contributed by atoms with Gasteiger partial charge < -0.3 is 4.74 Å². The van der Waals surface area contributed by atoms with Crippen LogP contribution in [0.3, 0.4) is 0 Å². The minimum absolute atomic E-state index is 0.197. The first kappa shape index (κ1) is 20.1. The fourth-order valence-electron chi connectivity index (χ4n) is 3.93. The van der Waals surface area contributed by atoms with Gasteiger partial charge in [0.1, 0.15) is 17.1 Å². The van der Waals surface area contributed by atoms with Gasteiger partial charge in [-0.25, -0.2) is 9.40 Å². The molecular formula is C24H29FN2O. The highest BCUT2D eigenvalue weighted by molar-refractivity contribution is 6.07. The molecular weight excluding hydrogens is 351 g/mol. The standard InChI is InChI=1S/C22H23FN2O.C2H6/c1-3-4-10-19-21(16-11-13-17(23)14-12-16)24-25(18-8-6-5-7-9-18)22(19)15-20(22)26-2;1-2/h5-9,11-15,19H,3-4,10H2,1-2H3;1-2H3. The molecule has 2 atom stereocenters. The molecule has 1 aliphatic heterocycles. The predicted octanol–water partition coefficient (Wildman–Crippen LogP) is 6.17. The summed E-state index contributed by atoms with van der Waals surface area (Å²) in [7, 11) is 1.72. The number of unbranched alkanes of at least 4 members (excludes halogenated alkanes) is 1. The maximum absolute atomic E-state index is 13.4. The first-order valence-corrected chi connectivity index (χ1v) is 10.2. The van der Waals surface area contributed by atoms with Gasteiger partial charge in [0.15, 0.2) is 0 Å². The van der Waals surface area contributed by atoms with Gasteiger partial charge in [0.2, 0.25) is 0 Å². The van der Waals surface area contributed by atoms with Gasteiger partial charge in [-0.05, 0) is 42.3 Å². The lowest BCUT2D eigenvalue weighted by Crippen LogP contribution is -2.39. The molecule has 2 aliphatic rings. The summed E-state index contributed by atoms with van der Waals surface area (Å²) in [6, 6.07) is 16.8. The van der Waals surface area contributed by atoms with Gasteiger partial charge in [-0.15, -0.1) is 0 Å². The van der Waals surface area contributed by atoms with E-state index < -0.39 is 0 Å². The Labute approximate surface area is 167 Å². The highest BCUT2D eigenvalue weighted by Gasteiger charge is 2.62. The Bertz CT molecular complexity index is 845. The van der Waals surface area contributed by atoms with E-state index in [1.807, 2.05) is 44.2 Å². The van der Waals surface area contributed by atoms with Crippen LogP contribution in [0.2, 0.25) is 0 Å². The molecule has 0 bridgehead atoms. The molecule has 148 valence electrons. The molecule has 4 heteroatoms. The van der Waals surface area contributed by atoms with Crippen LogP contribution in [-0.2, 0) is 4.74 Å². The second-order valence-corrected chi connectivity index (χ2v) is 6.87. The average Bonchev–Trinajstić information content (AvgIpc) is 3.39. The smallest absolute Gasteiger partial charge is 0.150 e. The van der Waals surface area contributed by atoms with Crippen LogP contribution in [0.25, 0.3) is 0 Å². The fraction of sp³-hybridized carbons (Fsp3) is 0.375. The van der Waals surface area contributed by atoms with Crippen LogP contribution in [0.5, 0.6) is 0 Å². The molecule has 1 spiro atoms. The van der Waals surface area contributed by atoms with E-state index in [0.29, 0.717) is 0 Å². The number of ether oxygens (including phenoxy) is 1. The van der Waals surface area contributed by atoms with E-state index in [9.17, 15) is 4.39 Å². The van der Waals surface area contributed by atoms with Gasteiger partial charge in [0.05, 0.1) is 18.5 Å². The lowest BCUT2D eigenvalue weighted by atomic mass is 9.83. The molecule has 3 nitrogen and oxygen atoms in total. The Kier molecular flexibility index (Phi) is 6.18. The van der Waals surface area contributed by atoms with Crippen molar-refractivity contribution in [1.29, 1.82) is 0 Å². The summed E-state index contributed by atoms with van der Waals surface area (Å²) in [5.74, 6) is 0.931. The van der Waals surface area contributed by atoms with Crippen LogP contribution in [0.1, 0.15) is 45.6 Å². The first-order chi connectivity index (χ1) is 13.7. The zero-order valence-electron chi connectivity index (χ0n) is 17.2. The van der Waals surface area contributed by atoms with Gasteiger partial charge in [0, 0.05) is 5.92 Å². The topological polar surface area (TPSA) is 24.8 Å². The number of halogens is 1. The zero-order chi connectivity index (χ0) is 20.1. The maximum Gasteiger partial charge on any atom is 0.150 e. The number of anilines is 1. The number of hydrogen-bond acceptors (Lipinski definition) is 3. The Hall–Kier alpha value is -2.62. The molecule has 28 heavy (non-hydrogen) atoms. The molecule has 2 aromatic carbocycles. The van der Waals surface area contributed by atoms with Crippen molar-refractivity contribution in [1.82, 2.24) is 0 Å². The SMILES string of the molecule is CC.CCCCC1C(c2ccc(F)cc2)=NN(c2ccccc2)C12C=C2OC. The Morgan fingerprint density at radius 3 is 2.32 bits per heavy atom. The van der Waals surface area contributed by atoms with Gasteiger partial charge in [0.25, 0.3) is 0 Å². The van der Waals surface area contributed by atoms with Crippen molar-refractivity contribution >= 4 is 11.4 Å². The third-order valence-corrected chi connectivity index (χ3v) is 5.29. The third kappa shape index (κ3) is 3.44. The third-order valence-electron chi connectivity index (χ3n) is 5.29. The van der Waals surface area contributed by atoms with Gasteiger partial charge >= 0.3 is 0 Å². The van der Waals surface area contributed by atoms with E-state index in [4.69, 9.17) is 9.84 Å². The Balaban J connectivity index is 0.00000109. The molecule has 0 aromatic heterocycles. The molecule has 2 aromatic rings. The van der Waals surface area contributed by atoms with E-state index in [1.165, 1.54) is 12.1 Å². The second-order valence-electron chi connectivity index (χ2n) is 6.87. The van der Waals surface area contributed by atoms with Crippen LogP contribution < -0.4 is 5.01 Å². The lowest BCUT2D eigenvalue weighted by molar-refractivity contribution is 0.268. The van der Waals surface area contributed by atoms with E-state index in [2.05, 4.69) is 30.1 Å². The highest BCUT2D eigenvalue weighted by Crippen LogP contribution is 2.54. The number of nitrogens with zero attached hydrogens (tertiary/aromatic N) is 2. The minimum Gasteiger partial charge on any atom is -0.498 e. The average molecular weight is 381 g/mol. The van der Waals surface area contributed by atoms with Gasteiger partial charge in [-0.1, -0.05) is 63.9 Å². The van der Waals surface area contributed by atoms with E-state index >= 15 is 0 Å². The fourth-order valence-corrected chi connectivity index (χ4v) is 3.93. The van der Waals surface area contributed by atoms with Crippen molar-refractivity contribution in [2.75, 3.05) is 12.1 Å². The molecule has 0 radical (unpaired) electrons. The number of hydrazone groups is 1. The number of methoxy groups -OCH3 is 1. The molecule has 1 heterocycles. The van der Waals surface area contributed by atoms with Crippen LogP contribution in [0.4, 0.5) is 10.1 Å². The second kappa shape index (κ2) is 8.59. The van der Waals surface area contributed by atoms with Gasteiger partial charge in [-0.3, -0.25) is 0 Å². The summed E-state index contributed by atoms with van der Waals surface area (Å²) in [5, 5.41) is 7.08. The largest absolute Gasteiger partial charge is 0.498 e.